The van der Waals surface area contributed by atoms with Crippen molar-refractivity contribution in [1.29, 1.82) is 0 Å². The molecule has 0 bridgehead atoms. The summed E-state index contributed by atoms with van der Waals surface area (Å²) in [5, 5.41) is 1.38. The molecule has 1 aromatic rings. The molecule has 1 aliphatic rings. The first-order chi connectivity index (χ1) is 10.1. The second-order valence-electron chi connectivity index (χ2n) is 6.08. The van der Waals surface area contributed by atoms with Crippen molar-refractivity contribution in [1.82, 2.24) is 4.90 Å². The largest absolute Gasteiger partial charge is 0.329 e. The first kappa shape index (κ1) is 17.1. The number of halogens is 2. The Morgan fingerprint density at radius 2 is 1.90 bits per heavy atom. The zero-order chi connectivity index (χ0) is 15.2. The SMILES string of the molecule is CCCC1CCCN(C(CN)c2cc(Cl)cc(Cl)c2)CC1. The number of nitrogens with zero attached hydrogens (tertiary/aromatic N) is 1. The Kier molecular flexibility index (Phi) is 6.81. The lowest BCUT2D eigenvalue weighted by molar-refractivity contribution is 0.206. The summed E-state index contributed by atoms with van der Waals surface area (Å²) in [6.45, 7) is 5.12. The molecule has 2 rings (SSSR count). The summed E-state index contributed by atoms with van der Waals surface area (Å²) in [7, 11) is 0. The molecular formula is C17H26Cl2N2. The maximum Gasteiger partial charge on any atom is 0.0471 e. The Labute approximate surface area is 138 Å². The van der Waals surface area contributed by atoms with Crippen molar-refractivity contribution in [3.63, 3.8) is 0 Å². The van der Waals surface area contributed by atoms with Crippen molar-refractivity contribution in [2.75, 3.05) is 19.6 Å². The van der Waals surface area contributed by atoms with E-state index in [0.29, 0.717) is 16.6 Å². The van der Waals surface area contributed by atoms with Crippen LogP contribution in [0.1, 0.15) is 50.6 Å². The first-order valence-corrected chi connectivity index (χ1v) is 8.79. The van der Waals surface area contributed by atoms with Crippen LogP contribution in [0, 0.1) is 5.92 Å². The molecule has 0 saturated carbocycles. The summed E-state index contributed by atoms with van der Waals surface area (Å²) in [5.74, 6) is 0.876. The van der Waals surface area contributed by atoms with Crippen molar-refractivity contribution in [3.05, 3.63) is 33.8 Å². The molecule has 4 heteroatoms. The summed E-state index contributed by atoms with van der Waals surface area (Å²) in [5.41, 5.74) is 7.19. The van der Waals surface area contributed by atoms with Crippen LogP contribution >= 0.6 is 23.2 Å². The Morgan fingerprint density at radius 1 is 1.19 bits per heavy atom. The molecule has 0 amide bonds. The summed E-state index contributed by atoms with van der Waals surface area (Å²) in [4.78, 5) is 2.51. The molecule has 2 atom stereocenters. The molecule has 0 spiro atoms. The van der Waals surface area contributed by atoms with Crippen LogP contribution in [0.15, 0.2) is 18.2 Å². The van der Waals surface area contributed by atoms with Crippen LogP contribution in [0.3, 0.4) is 0 Å². The summed E-state index contributed by atoms with van der Waals surface area (Å²) >= 11 is 12.3. The Bertz CT molecular complexity index is 430. The minimum absolute atomic E-state index is 0.224. The van der Waals surface area contributed by atoms with Gasteiger partial charge in [-0.25, -0.2) is 0 Å². The van der Waals surface area contributed by atoms with E-state index < -0.39 is 0 Å². The van der Waals surface area contributed by atoms with Crippen LogP contribution in [-0.2, 0) is 0 Å². The second kappa shape index (κ2) is 8.38. The lowest BCUT2D eigenvalue weighted by Gasteiger charge is -2.30. The Morgan fingerprint density at radius 3 is 2.52 bits per heavy atom. The highest BCUT2D eigenvalue weighted by Crippen LogP contribution is 2.30. The third-order valence-electron chi connectivity index (χ3n) is 4.51. The predicted octanol–water partition coefficient (Wildman–Crippen LogP) is 4.90. The molecule has 2 N–H and O–H groups in total. The Hall–Kier alpha value is -0.280. The molecule has 1 fully saturated rings. The number of benzene rings is 1. The lowest BCUT2D eigenvalue weighted by Crippen LogP contribution is -2.34. The summed E-state index contributed by atoms with van der Waals surface area (Å²) in [6, 6.07) is 6.00. The van der Waals surface area contributed by atoms with Crippen LogP contribution in [-0.4, -0.2) is 24.5 Å². The monoisotopic (exact) mass is 328 g/mol. The quantitative estimate of drug-likeness (QED) is 0.833. The number of hydrogen-bond acceptors (Lipinski definition) is 2. The molecule has 1 heterocycles. The van der Waals surface area contributed by atoms with Crippen LogP contribution < -0.4 is 5.73 Å². The van der Waals surface area contributed by atoms with E-state index in [4.69, 9.17) is 28.9 Å². The van der Waals surface area contributed by atoms with Gasteiger partial charge in [0, 0.05) is 22.6 Å². The third-order valence-corrected chi connectivity index (χ3v) is 4.95. The van der Waals surface area contributed by atoms with E-state index in [9.17, 15) is 0 Å². The average molecular weight is 329 g/mol. The van der Waals surface area contributed by atoms with E-state index in [1.165, 1.54) is 32.1 Å². The number of hydrogen-bond donors (Lipinski definition) is 1. The molecule has 0 aliphatic carbocycles. The minimum Gasteiger partial charge on any atom is -0.329 e. The molecule has 1 aliphatic heterocycles. The van der Waals surface area contributed by atoms with Crippen molar-refractivity contribution >= 4 is 23.2 Å². The lowest BCUT2D eigenvalue weighted by atomic mass is 9.96. The fourth-order valence-corrected chi connectivity index (χ4v) is 4.00. The van der Waals surface area contributed by atoms with Crippen LogP contribution in [0.4, 0.5) is 0 Å². The topological polar surface area (TPSA) is 29.3 Å². The van der Waals surface area contributed by atoms with Gasteiger partial charge in [-0.3, -0.25) is 4.90 Å². The molecular weight excluding hydrogens is 303 g/mol. The van der Waals surface area contributed by atoms with E-state index in [1.54, 1.807) is 6.07 Å². The van der Waals surface area contributed by atoms with E-state index in [0.717, 1.165) is 24.6 Å². The van der Waals surface area contributed by atoms with Gasteiger partial charge in [0.2, 0.25) is 0 Å². The van der Waals surface area contributed by atoms with Gasteiger partial charge in [-0.15, -0.1) is 0 Å². The highest BCUT2D eigenvalue weighted by Gasteiger charge is 2.23. The van der Waals surface area contributed by atoms with Crippen molar-refractivity contribution in [2.45, 2.75) is 45.1 Å². The van der Waals surface area contributed by atoms with Gasteiger partial charge in [0.1, 0.15) is 0 Å². The zero-order valence-corrected chi connectivity index (χ0v) is 14.3. The molecule has 1 saturated heterocycles. The van der Waals surface area contributed by atoms with Gasteiger partial charge >= 0.3 is 0 Å². The van der Waals surface area contributed by atoms with Crippen LogP contribution in [0.25, 0.3) is 0 Å². The molecule has 21 heavy (non-hydrogen) atoms. The number of nitrogens with two attached hydrogens (primary N) is 1. The standard InChI is InChI=1S/C17H26Cl2N2/c1-2-4-13-5-3-7-21(8-6-13)17(12-20)14-9-15(18)11-16(19)10-14/h9-11,13,17H,2-8,12,20H2,1H3. The molecule has 2 nitrogen and oxygen atoms in total. The molecule has 118 valence electrons. The normalized spacial score (nSPS) is 22.0. The number of likely N-dealkylation sites (tertiary alicyclic amines) is 1. The number of rotatable bonds is 5. The molecule has 0 aromatic heterocycles. The third kappa shape index (κ3) is 4.85. The van der Waals surface area contributed by atoms with Gasteiger partial charge in [-0.05, 0) is 62.0 Å². The maximum atomic E-state index is 6.14. The maximum absolute atomic E-state index is 6.14. The highest BCUT2D eigenvalue weighted by atomic mass is 35.5. The van der Waals surface area contributed by atoms with E-state index in [1.807, 2.05) is 12.1 Å². The van der Waals surface area contributed by atoms with Crippen LogP contribution in [0.5, 0.6) is 0 Å². The summed E-state index contributed by atoms with van der Waals surface area (Å²) in [6.07, 6.45) is 6.52. The van der Waals surface area contributed by atoms with Gasteiger partial charge in [0.05, 0.1) is 0 Å². The average Bonchev–Trinajstić information content (AvgIpc) is 2.65. The van der Waals surface area contributed by atoms with E-state index in [2.05, 4.69) is 11.8 Å². The molecule has 0 radical (unpaired) electrons. The van der Waals surface area contributed by atoms with Gasteiger partial charge in [-0.2, -0.15) is 0 Å². The molecule has 1 aromatic carbocycles. The molecule has 2 unspecified atom stereocenters. The summed E-state index contributed by atoms with van der Waals surface area (Å²) < 4.78 is 0. The van der Waals surface area contributed by atoms with Gasteiger partial charge in [-0.1, -0.05) is 43.0 Å². The predicted molar refractivity (Wildman–Crippen MR) is 92.1 cm³/mol. The van der Waals surface area contributed by atoms with Gasteiger partial charge in [0.25, 0.3) is 0 Å². The second-order valence-corrected chi connectivity index (χ2v) is 6.95. The fraction of sp³-hybridized carbons (Fsp3) is 0.647. The van der Waals surface area contributed by atoms with Crippen molar-refractivity contribution in [2.24, 2.45) is 11.7 Å². The van der Waals surface area contributed by atoms with Gasteiger partial charge < -0.3 is 5.73 Å². The fourth-order valence-electron chi connectivity index (χ4n) is 3.46. The van der Waals surface area contributed by atoms with Crippen molar-refractivity contribution < 1.29 is 0 Å². The first-order valence-electron chi connectivity index (χ1n) is 8.04. The Balaban J connectivity index is 2.09. The smallest absolute Gasteiger partial charge is 0.0471 e. The van der Waals surface area contributed by atoms with Gasteiger partial charge in [0.15, 0.2) is 0 Å². The van der Waals surface area contributed by atoms with Crippen LogP contribution in [0.2, 0.25) is 10.0 Å². The van der Waals surface area contributed by atoms with Crippen molar-refractivity contribution in [3.8, 4) is 0 Å². The van der Waals surface area contributed by atoms with E-state index in [-0.39, 0.29) is 6.04 Å². The van der Waals surface area contributed by atoms with E-state index >= 15 is 0 Å². The highest BCUT2D eigenvalue weighted by molar-refractivity contribution is 6.34. The minimum atomic E-state index is 0.224. The zero-order valence-electron chi connectivity index (χ0n) is 12.8.